The number of esters is 1. The standard InChI is InChI=1S/C22H23NO5S/c1-16-14-21(20-7-5-3-4-6-19(16)20)29(25,26)23-13-12-17-8-10-18(11-9-17)28-15-22(24)27-2/h3-11,14,23H,12-13,15H2,1-2H3. The second kappa shape index (κ2) is 9.07. The molecule has 0 heterocycles. The van der Waals surface area contributed by atoms with Crippen molar-refractivity contribution in [3.63, 3.8) is 0 Å². The number of sulfonamides is 1. The lowest BCUT2D eigenvalue weighted by molar-refractivity contribution is -0.142. The molecule has 0 aromatic heterocycles. The molecule has 152 valence electrons. The third kappa shape index (κ3) is 5.13. The van der Waals surface area contributed by atoms with Gasteiger partial charge in [-0.25, -0.2) is 17.9 Å². The van der Waals surface area contributed by atoms with Crippen LogP contribution >= 0.6 is 0 Å². The van der Waals surface area contributed by atoms with Crippen LogP contribution in [0.4, 0.5) is 0 Å². The number of carbonyl (C=O) groups excluding carboxylic acids is 1. The van der Waals surface area contributed by atoms with Gasteiger partial charge in [0.15, 0.2) is 6.61 Å². The molecular formula is C22H23NO5S. The first kappa shape index (κ1) is 20.8. The summed E-state index contributed by atoms with van der Waals surface area (Å²) >= 11 is 0. The van der Waals surface area contributed by atoms with Gasteiger partial charge in [0, 0.05) is 12.1 Å². The van der Waals surface area contributed by atoms with Crippen molar-refractivity contribution in [1.29, 1.82) is 0 Å². The van der Waals surface area contributed by atoms with Crippen molar-refractivity contribution >= 4 is 16.0 Å². The molecule has 0 fully saturated rings. The topological polar surface area (TPSA) is 81.7 Å². The molecule has 29 heavy (non-hydrogen) atoms. The highest BCUT2D eigenvalue weighted by Gasteiger charge is 2.22. The number of methoxy groups -OCH3 is 1. The maximum absolute atomic E-state index is 12.8. The number of hydrogen-bond donors (Lipinski definition) is 1. The van der Waals surface area contributed by atoms with E-state index in [-0.39, 0.29) is 13.2 Å². The Morgan fingerprint density at radius 3 is 2.38 bits per heavy atom. The molecule has 0 unspecified atom stereocenters. The molecule has 3 rings (SSSR count). The lowest BCUT2D eigenvalue weighted by Crippen LogP contribution is -2.26. The molecule has 0 saturated carbocycles. The fourth-order valence-electron chi connectivity index (χ4n) is 3.04. The van der Waals surface area contributed by atoms with Crippen LogP contribution in [0.25, 0.3) is 11.1 Å². The van der Waals surface area contributed by atoms with E-state index >= 15 is 0 Å². The summed E-state index contributed by atoms with van der Waals surface area (Å²) in [4.78, 5) is 11.4. The van der Waals surface area contributed by atoms with E-state index in [1.54, 1.807) is 18.2 Å². The van der Waals surface area contributed by atoms with E-state index in [0.717, 1.165) is 16.7 Å². The minimum Gasteiger partial charge on any atom is -0.482 e. The minimum absolute atomic E-state index is 0.152. The second-order valence-corrected chi connectivity index (χ2v) is 8.32. The van der Waals surface area contributed by atoms with Gasteiger partial charge in [-0.15, -0.1) is 0 Å². The van der Waals surface area contributed by atoms with E-state index in [1.165, 1.54) is 7.11 Å². The molecular weight excluding hydrogens is 390 g/mol. The lowest BCUT2D eigenvalue weighted by atomic mass is 10.1. The van der Waals surface area contributed by atoms with Crippen LogP contribution < -0.4 is 9.46 Å². The first-order chi connectivity index (χ1) is 13.9. The molecule has 1 aromatic carbocycles. The largest absolute Gasteiger partial charge is 0.482 e. The van der Waals surface area contributed by atoms with Crippen molar-refractivity contribution < 1.29 is 22.7 Å². The zero-order valence-electron chi connectivity index (χ0n) is 16.3. The van der Waals surface area contributed by atoms with Gasteiger partial charge < -0.3 is 9.47 Å². The lowest BCUT2D eigenvalue weighted by Gasteiger charge is -2.08. The molecule has 0 bridgehead atoms. The summed E-state index contributed by atoms with van der Waals surface area (Å²) in [6.07, 6.45) is 0.530. The van der Waals surface area contributed by atoms with Gasteiger partial charge in [-0.3, -0.25) is 0 Å². The number of rotatable bonds is 8. The molecule has 2 aliphatic rings. The van der Waals surface area contributed by atoms with Crippen molar-refractivity contribution in [2.24, 2.45) is 0 Å². The normalized spacial score (nSPS) is 11.4. The van der Waals surface area contributed by atoms with Gasteiger partial charge in [0.2, 0.25) is 10.0 Å². The summed E-state index contributed by atoms with van der Waals surface area (Å²) in [5.74, 6) is 0.0960. The van der Waals surface area contributed by atoms with E-state index in [2.05, 4.69) is 9.46 Å². The molecule has 1 N–H and O–H groups in total. The molecule has 7 heteroatoms. The Morgan fingerprint density at radius 1 is 1.00 bits per heavy atom. The van der Waals surface area contributed by atoms with E-state index in [4.69, 9.17) is 4.74 Å². The van der Waals surface area contributed by atoms with Crippen LogP contribution in [0.5, 0.6) is 5.75 Å². The Balaban J connectivity index is 1.61. The number of carbonyl (C=O) groups is 1. The molecule has 0 amide bonds. The van der Waals surface area contributed by atoms with Crippen molar-refractivity contribution in [2.75, 3.05) is 20.3 Å². The van der Waals surface area contributed by atoms with Gasteiger partial charge in [0.1, 0.15) is 5.75 Å². The van der Waals surface area contributed by atoms with Crippen molar-refractivity contribution in [3.8, 4) is 16.9 Å². The average Bonchev–Trinajstić information content (AvgIpc) is 2.88. The number of aryl methyl sites for hydroxylation is 1. The molecule has 0 radical (unpaired) electrons. The molecule has 0 atom stereocenters. The third-order valence-electron chi connectivity index (χ3n) is 4.58. The fraction of sp³-hybridized carbons (Fsp3) is 0.227. The number of nitrogens with one attached hydrogen (secondary N) is 1. The Labute approximate surface area is 170 Å². The van der Waals surface area contributed by atoms with Crippen molar-refractivity contribution in [2.45, 2.75) is 18.2 Å². The first-order valence-corrected chi connectivity index (χ1v) is 10.7. The Kier molecular flexibility index (Phi) is 6.51. The number of benzene rings is 1. The Morgan fingerprint density at radius 2 is 1.69 bits per heavy atom. The number of ether oxygens (including phenoxy) is 2. The van der Waals surface area contributed by atoms with Crippen LogP contribution in [0.15, 0.2) is 65.6 Å². The van der Waals surface area contributed by atoms with Crippen LogP contribution in [0.2, 0.25) is 0 Å². The molecule has 0 spiro atoms. The maximum Gasteiger partial charge on any atom is 0.343 e. The maximum atomic E-state index is 12.8. The summed E-state index contributed by atoms with van der Waals surface area (Å²) in [5, 5.41) is 0. The molecule has 1 aromatic rings. The van der Waals surface area contributed by atoms with E-state index in [1.807, 2.05) is 49.4 Å². The van der Waals surface area contributed by atoms with Gasteiger partial charge in [-0.2, -0.15) is 0 Å². The molecule has 0 saturated heterocycles. The number of hydrogen-bond acceptors (Lipinski definition) is 5. The highest BCUT2D eigenvalue weighted by atomic mass is 32.2. The van der Waals surface area contributed by atoms with E-state index in [0.29, 0.717) is 22.6 Å². The SMILES string of the molecule is COC(=O)COc1ccc(CCNS(=O)(=O)c2cc(C)c3cccccc2-3)cc1. The molecule has 6 nitrogen and oxygen atoms in total. The van der Waals surface area contributed by atoms with Crippen LogP contribution in [0, 0.1) is 6.92 Å². The summed E-state index contributed by atoms with van der Waals surface area (Å²) in [6, 6.07) is 18.2. The van der Waals surface area contributed by atoms with Crippen LogP contribution in [0.3, 0.4) is 0 Å². The summed E-state index contributed by atoms with van der Waals surface area (Å²) in [6.45, 7) is 2.03. The van der Waals surface area contributed by atoms with Gasteiger partial charge in [-0.1, -0.05) is 42.5 Å². The minimum atomic E-state index is -3.62. The summed E-state index contributed by atoms with van der Waals surface area (Å²) < 4.78 is 38.1. The van der Waals surface area contributed by atoms with Crippen LogP contribution in [-0.4, -0.2) is 34.6 Å². The average molecular weight is 413 g/mol. The van der Waals surface area contributed by atoms with E-state index in [9.17, 15) is 13.2 Å². The van der Waals surface area contributed by atoms with Gasteiger partial charge in [0.25, 0.3) is 0 Å². The highest BCUT2D eigenvalue weighted by molar-refractivity contribution is 7.89. The highest BCUT2D eigenvalue weighted by Crippen LogP contribution is 2.34. The van der Waals surface area contributed by atoms with E-state index < -0.39 is 16.0 Å². The van der Waals surface area contributed by atoms with Gasteiger partial charge in [-0.05, 0) is 48.2 Å². The predicted octanol–water partition coefficient (Wildman–Crippen LogP) is 3.17. The fourth-order valence-corrected chi connectivity index (χ4v) is 4.37. The third-order valence-corrected chi connectivity index (χ3v) is 6.08. The van der Waals surface area contributed by atoms with Crippen molar-refractivity contribution in [1.82, 2.24) is 4.72 Å². The van der Waals surface area contributed by atoms with Crippen molar-refractivity contribution in [3.05, 3.63) is 71.8 Å². The Bertz CT molecular complexity index is 1060. The number of fused-ring (bicyclic) bond motifs is 1. The predicted molar refractivity (Wildman–Crippen MR) is 111 cm³/mol. The Hall–Kier alpha value is -2.90. The van der Waals surface area contributed by atoms with Crippen LogP contribution in [-0.2, 0) is 26.0 Å². The zero-order chi connectivity index (χ0) is 20.9. The molecule has 2 aliphatic carbocycles. The van der Waals surface area contributed by atoms with Gasteiger partial charge >= 0.3 is 5.97 Å². The summed E-state index contributed by atoms with van der Waals surface area (Å²) in [7, 11) is -2.32. The second-order valence-electron chi connectivity index (χ2n) is 6.59. The van der Waals surface area contributed by atoms with Gasteiger partial charge in [0.05, 0.1) is 12.0 Å². The zero-order valence-corrected chi connectivity index (χ0v) is 17.2. The van der Waals surface area contributed by atoms with Crippen LogP contribution in [0.1, 0.15) is 11.1 Å². The first-order valence-electron chi connectivity index (χ1n) is 9.17. The molecule has 0 aliphatic heterocycles. The smallest absolute Gasteiger partial charge is 0.343 e. The summed E-state index contributed by atoms with van der Waals surface area (Å²) in [5.41, 5.74) is 3.53. The quantitative estimate of drug-likeness (QED) is 0.574. The monoisotopic (exact) mass is 413 g/mol.